The average Bonchev–Trinajstić information content (AvgIpc) is 2.78. The van der Waals surface area contributed by atoms with Crippen LogP contribution in [0, 0.1) is 10.1 Å². The Morgan fingerprint density at radius 3 is 2.30 bits per heavy atom. The topological polar surface area (TPSA) is 111 Å². The van der Waals surface area contributed by atoms with Gasteiger partial charge < -0.3 is 15.4 Å². The molecular formula is C22H19N3O5. The predicted molar refractivity (Wildman–Crippen MR) is 112 cm³/mol. The second-order valence-electron chi connectivity index (χ2n) is 6.34. The fraction of sp³-hybridized carbons (Fsp3) is 0.0909. The Hall–Kier alpha value is -4.20. The highest BCUT2D eigenvalue weighted by atomic mass is 16.6. The molecule has 30 heavy (non-hydrogen) atoms. The SMILES string of the molecule is COc1ccc([N+](=O)[O-])c(C(=O)Nc2ccc(C(=O)NCc3ccccc3)cc2)c1. The number of rotatable bonds is 7. The molecule has 0 heterocycles. The third-order valence-electron chi connectivity index (χ3n) is 4.35. The highest BCUT2D eigenvalue weighted by Gasteiger charge is 2.21. The summed E-state index contributed by atoms with van der Waals surface area (Å²) < 4.78 is 5.04. The smallest absolute Gasteiger partial charge is 0.282 e. The van der Waals surface area contributed by atoms with E-state index in [2.05, 4.69) is 10.6 Å². The normalized spacial score (nSPS) is 10.2. The van der Waals surface area contributed by atoms with E-state index in [-0.39, 0.29) is 17.2 Å². The minimum Gasteiger partial charge on any atom is -0.497 e. The summed E-state index contributed by atoms with van der Waals surface area (Å²) in [6, 6.07) is 19.7. The lowest BCUT2D eigenvalue weighted by Gasteiger charge is -2.09. The van der Waals surface area contributed by atoms with Crippen molar-refractivity contribution in [1.82, 2.24) is 5.32 Å². The highest BCUT2D eigenvalue weighted by molar-refractivity contribution is 6.07. The number of nitro benzene ring substituents is 1. The summed E-state index contributed by atoms with van der Waals surface area (Å²) in [5, 5.41) is 16.6. The molecule has 0 spiro atoms. The first-order chi connectivity index (χ1) is 14.5. The Kier molecular flexibility index (Phi) is 6.39. The van der Waals surface area contributed by atoms with Crippen molar-refractivity contribution in [3.8, 4) is 5.75 Å². The lowest BCUT2D eigenvalue weighted by molar-refractivity contribution is -0.385. The van der Waals surface area contributed by atoms with E-state index in [1.165, 1.54) is 25.3 Å². The number of nitrogens with zero attached hydrogens (tertiary/aromatic N) is 1. The van der Waals surface area contributed by atoms with E-state index in [0.717, 1.165) is 5.56 Å². The van der Waals surface area contributed by atoms with Crippen molar-refractivity contribution in [2.24, 2.45) is 0 Å². The van der Waals surface area contributed by atoms with E-state index in [4.69, 9.17) is 4.74 Å². The molecule has 0 bridgehead atoms. The maximum atomic E-state index is 12.5. The number of nitrogens with one attached hydrogen (secondary N) is 2. The zero-order chi connectivity index (χ0) is 21.5. The number of amides is 2. The zero-order valence-corrected chi connectivity index (χ0v) is 16.1. The maximum absolute atomic E-state index is 12.5. The van der Waals surface area contributed by atoms with Crippen LogP contribution in [0.2, 0.25) is 0 Å². The van der Waals surface area contributed by atoms with Gasteiger partial charge in [-0.05, 0) is 42.0 Å². The molecule has 8 heteroatoms. The Labute approximate surface area is 172 Å². The maximum Gasteiger partial charge on any atom is 0.282 e. The van der Waals surface area contributed by atoms with Crippen LogP contribution in [0.15, 0.2) is 72.8 Å². The van der Waals surface area contributed by atoms with Gasteiger partial charge in [-0.1, -0.05) is 30.3 Å². The van der Waals surface area contributed by atoms with Gasteiger partial charge in [0.1, 0.15) is 11.3 Å². The minimum atomic E-state index is -0.651. The molecule has 8 nitrogen and oxygen atoms in total. The van der Waals surface area contributed by atoms with Crippen molar-refractivity contribution in [2.45, 2.75) is 6.54 Å². The van der Waals surface area contributed by atoms with Crippen molar-refractivity contribution in [1.29, 1.82) is 0 Å². The molecule has 0 saturated heterocycles. The van der Waals surface area contributed by atoms with Crippen LogP contribution < -0.4 is 15.4 Å². The van der Waals surface area contributed by atoms with Crippen molar-refractivity contribution >= 4 is 23.2 Å². The summed E-state index contributed by atoms with van der Waals surface area (Å²) in [5.41, 5.74) is 1.36. The molecule has 152 valence electrons. The second kappa shape index (κ2) is 9.33. The van der Waals surface area contributed by atoms with Crippen molar-refractivity contribution < 1.29 is 19.2 Å². The largest absolute Gasteiger partial charge is 0.497 e. The number of hydrogen-bond donors (Lipinski definition) is 2. The van der Waals surface area contributed by atoms with Crippen LogP contribution in [0.1, 0.15) is 26.3 Å². The van der Waals surface area contributed by atoms with E-state index >= 15 is 0 Å². The van der Waals surface area contributed by atoms with Crippen molar-refractivity contribution in [3.05, 3.63) is 99.6 Å². The lowest BCUT2D eigenvalue weighted by Crippen LogP contribution is -2.22. The number of carbonyl (C=O) groups excluding carboxylic acids is 2. The van der Waals surface area contributed by atoms with Crippen LogP contribution in [0.5, 0.6) is 5.75 Å². The van der Waals surface area contributed by atoms with Crippen LogP contribution in [-0.4, -0.2) is 23.8 Å². The number of methoxy groups -OCH3 is 1. The van der Waals surface area contributed by atoms with Gasteiger partial charge in [0, 0.05) is 23.9 Å². The Morgan fingerprint density at radius 2 is 1.67 bits per heavy atom. The fourth-order valence-electron chi connectivity index (χ4n) is 2.77. The number of anilines is 1. The van der Waals surface area contributed by atoms with Crippen LogP contribution in [0.3, 0.4) is 0 Å². The molecule has 3 aromatic carbocycles. The summed E-state index contributed by atoms with van der Waals surface area (Å²) in [6.45, 7) is 0.400. The molecule has 0 atom stereocenters. The number of benzene rings is 3. The molecule has 2 N–H and O–H groups in total. The summed E-state index contributed by atoms with van der Waals surface area (Å²) in [6.07, 6.45) is 0. The van der Waals surface area contributed by atoms with Gasteiger partial charge in [-0.15, -0.1) is 0 Å². The van der Waals surface area contributed by atoms with E-state index < -0.39 is 10.8 Å². The summed E-state index contributed by atoms with van der Waals surface area (Å²) >= 11 is 0. The van der Waals surface area contributed by atoms with Crippen LogP contribution in [-0.2, 0) is 6.54 Å². The summed E-state index contributed by atoms with van der Waals surface area (Å²) in [4.78, 5) is 35.4. The van der Waals surface area contributed by atoms with Crippen LogP contribution in [0.25, 0.3) is 0 Å². The molecule has 0 saturated carbocycles. The molecule has 3 aromatic rings. The number of nitro groups is 1. The van der Waals surface area contributed by atoms with Crippen molar-refractivity contribution in [3.63, 3.8) is 0 Å². The second-order valence-corrected chi connectivity index (χ2v) is 6.34. The first-order valence-electron chi connectivity index (χ1n) is 9.04. The Morgan fingerprint density at radius 1 is 0.967 bits per heavy atom. The summed E-state index contributed by atoms with van der Waals surface area (Å²) in [5.74, 6) is -0.571. The van der Waals surface area contributed by atoms with Gasteiger partial charge in [0.25, 0.3) is 17.5 Å². The van der Waals surface area contributed by atoms with Crippen LogP contribution >= 0.6 is 0 Å². The van der Waals surface area contributed by atoms with E-state index in [1.54, 1.807) is 24.3 Å². The first-order valence-corrected chi connectivity index (χ1v) is 9.04. The standard InChI is InChI=1S/C22H19N3O5/c1-30-18-11-12-20(25(28)29)19(13-18)22(27)24-17-9-7-16(8-10-17)21(26)23-14-15-5-3-2-4-6-15/h2-13H,14H2,1H3,(H,23,26)(H,24,27). The quantitative estimate of drug-likeness (QED) is 0.459. The Bertz CT molecular complexity index is 1070. The molecule has 0 fully saturated rings. The summed E-state index contributed by atoms with van der Waals surface area (Å²) in [7, 11) is 1.41. The van der Waals surface area contributed by atoms with Gasteiger partial charge in [-0.25, -0.2) is 0 Å². The van der Waals surface area contributed by atoms with Crippen LogP contribution in [0.4, 0.5) is 11.4 Å². The zero-order valence-electron chi connectivity index (χ0n) is 16.1. The number of ether oxygens (including phenoxy) is 1. The molecule has 3 rings (SSSR count). The molecule has 0 radical (unpaired) electrons. The highest BCUT2D eigenvalue weighted by Crippen LogP contribution is 2.25. The van der Waals surface area contributed by atoms with Gasteiger partial charge in [0.2, 0.25) is 0 Å². The lowest BCUT2D eigenvalue weighted by atomic mass is 10.1. The third-order valence-corrected chi connectivity index (χ3v) is 4.35. The Balaban J connectivity index is 1.67. The average molecular weight is 405 g/mol. The van der Waals surface area contributed by atoms with Gasteiger partial charge in [-0.3, -0.25) is 19.7 Å². The predicted octanol–water partition coefficient (Wildman–Crippen LogP) is 3.79. The molecule has 0 aliphatic rings. The minimum absolute atomic E-state index is 0.121. The first kappa shape index (κ1) is 20.5. The van der Waals surface area contributed by atoms with E-state index in [0.29, 0.717) is 23.5 Å². The monoisotopic (exact) mass is 405 g/mol. The fourth-order valence-corrected chi connectivity index (χ4v) is 2.77. The van der Waals surface area contributed by atoms with Gasteiger partial charge in [0.15, 0.2) is 0 Å². The molecule has 2 amide bonds. The van der Waals surface area contributed by atoms with Crippen molar-refractivity contribution in [2.75, 3.05) is 12.4 Å². The number of hydrogen-bond acceptors (Lipinski definition) is 5. The van der Waals surface area contributed by atoms with Gasteiger partial charge in [-0.2, -0.15) is 0 Å². The molecule has 0 aliphatic heterocycles. The van der Waals surface area contributed by atoms with Gasteiger partial charge in [0.05, 0.1) is 12.0 Å². The third kappa shape index (κ3) is 4.99. The van der Waals surface area contributed by atoms with E-state index in [1.807, 2.05) is 30.3 Å². The molecular weight excluding hydrogens is 386 g/mol. The molecule has 0 unspecified atom stereocenters. The van der Waals surface area contributed by atoms with Gasteiger partial charge >= 0.3 is 0 Å². The van der Waals surface area contributed by atoms with E-state index in [9.17, 15) is 19.7 Å². The molecule has 0 aliphatic carbocycles. The number of carbonyl (C=O) groups is 2. The molecule has 0 aromatic heterocycles.